The van der Waals surface area contributed by atoms with Gasteiger partial charge >= 0.3 is 0 Å². The topological polar surface area (TPSA) is 42.2 Å². The van der Waals surface area contributed by atoms with E-state index in [9.17, 15) is 4.79 Å². The number of halogens is 1. The molecule has 0 aliphatic heterocycles. The van der Waals surface area contributed by atoms with Crippen LogP contribution in [0, 0.1) is 6.92 Å². The molecule has 0 aliphatic rings. The van der Waals surface area contributed by atoms with Crippen LogP contribution in [-0.2, 0) is 0 Å². The summed E-state index contributed by atoms with van der Waals surface area (Å²) in [5.41, 5.74) is 2.18. The molecule has 1 heterocycles. The minimum Gasteiger partial charge on any atom is -0.451 e. The van der Waals surface area contributed by atoms with E-state index in [2.05, 4.69) is 5.32 Å². The van der Waals surface area contributed by atoms with Crippen LogP contribution in [0.5, 0.6) is 0 Å². The lowest BCUT2D eigenvalue weighted by Gasteiger charge is -2.03. The molecule has 0 saturated heterocycles. The number of hydrogen-bond acceptors (Lipinski definition) is 2. The van der Waals surface area contributed by atoms with Crippen LogP contribution < -0.4 is 5.32 Å². The van der Waals surface area contributed by atoms with Gasteiger partial charge in [0, 0.05) is 21.7 Å². The van der Waals surface area contributed by atoms with Crippen molar-refractivity contribution in [1.29, 1.82) is 0 Å². The highest BCUT2D eigenvalue weighted by molar-refractivity contribution is 6.31. The van der Waals surface area contributed by atoms with Gasteiger partial charge in [-0.15, -0.1) is 0 Å². The molecule has 4 heteroatoms. The van der Waals surface area contributed by atoms with Crippen LogP contribution in [-0.4, -0.2) is 5.91 Å². The van der Waals surface area contributed by atoms with E-state index in [1.54, 1.807) is 24.3 Å². The van der Waals surface area contributed by atoms with Gasteiger partial charge < -0.3 is 9.73 Å². The molecular formula is C16H12ClNO2. The number of aryl methyl sites for hydroxylation is 1. The number of carbonyl (C=O) groups excluding carboxylic acids is 1. The minimum atomic E-state index is -0.277. The molecule has 3 rings (SSSR count). The number of nitrogens with one attached hydrogen (secondary N) is 1. The number of para-hydroxylation sites is 1. The highest BCUT2D eigenvalue weighted by atomic mass is 35.5. The lowest BCUT2D eigenvalue weighted by molar-refractivity contribution is 0.0998. The van der Waals surface area contributed by atoms with Crippen molar-refractivity contribution < 1.29 is 9.21 Å². The van der Waals surface area contributed by atoms with Crippen molar-refractivity contribution in [3.05, 3.63) is 64.9 Å². The molecule has 3 nitrogen and oxygen atoms in total. The van der Waals surface area contributed by atoms with Gasteiger partial charge in [-0.05, 0) is 31.2 Å². The van der Waals surface area contributed by atoms with E-state index in [4.69, 9.17) is 16.0 Å². The van der Waals surface area contributed by atoms with Gasteiger partial charge in [0.2, 0.25) is 0 Å². The van der Waals surface area contributed by atoms with Crippen molar-refractivity contribution in [3.63, 3.8) is 0 Å². The van der Waals surface area contributed by atoms with E-state index in [0.717, 1.165) is 10.9 Å². The number of anilines is 1. The standard InChI is InChI=1S/C16H12ClNO2/c1-10-13-7-2-3-8-14(13)20-15(10)16(19)18-12-6-4-5-11(17)9-12/h2-9H,1H3,(H,18,19). The Hall–Kier alpha value is -2.26. The zero-order valence-electron chi connectivity index (χ0n) is 10.8. The van der Waals surface area contributed by atoms with Gasteiger partial charge in [-0.1, -0.05) is 35.9 Å². The normalized spacial score (nSPS) is 10.7. The summed E-state index contributed by atoms with van der Waals surface area (Å²) in [6, 6.07) is 14.6. The van der Waals surface area contributed by atoms with Crippen molar-refractivity contribution in [2.75, 3.05) is 5.32 Å². The molecule has 0 atom stereocenters. The van der Waals surface area contributed by atoms with Crippen molar-refractivity contribution in [1.82, 2.24) is 0 Å². The Morgan fingerprint density at radius 1 is 1.15 bits per heavy atom. The van der Waals surface area contributed by atoms with E-state index < -0.39 is 0 Å². The van der Waals surface area contributed by atoms with Crippen LogP contribution >= 0.6 is 11.6 Å². The molecule has 100 valence electrons. The quantitative estimate of drug-likeness (QED) is 0.745. The molecule has 1 aromatic heterocycles. The third kappa shape index (κ3) is 2.28. The third-order valence-corrected chi connectivity index (χ3v) is 3.37. The molecular weight excluding hydrogens is 274 g/mol. The lowest BCUT2D eigenvalue weighted by atomic mass is 10.1. The van der Waals surface area contributed by atoms with Gasteiger partial charge in [0.1, 0.15) is 5.58 Å². The molecule has 0 fully saturated rings. The molecule has 2 aromatic carbocycles. The first-order valence-electron chi connectivity index (χ1n) is 6.20. The number of benzene rings is 2. The molecule has 0 aliphatic carbocycles. The number of furan rings is 1. The van der Waals surface area contributed by atoms with Gasteiger partial charge in [0.25, 0.3) is 5.91 Å². The van der Waals surface area contributed by atoms with E-state index in [0.29, 0.717) is 22.1 Å². The molecule has 0 radical (unpaired) electrons. The van der Waals surface area contributed by atoms with Crippen LogP contribution in [0.15, 0.2) is 52.9 Å². The van der Waals surface area contributed by atoms with Crippen molar-refractivity contribution in [2.24, 2.45) is 0 Å². The molecule has 0 spiro atoms. The predicted molar refractivity (Wildman–Crippen MR) is 80.4 cm³/mol. The van der Waals surface area contributed by atoms with Crippen LogP contribution in [0.3, 0.4) is 0 Å². The average molecular weight is 286 g/mol. The first kappa shape index (κ1) is 12.8. The Bertz CT molecular complexity index is 792. The minimum absolute atomic E-state index is 0.277. The average Bonchev–Trinajstić information content (AvgIpc) is 2.77. The second-order valence-electron chi connectivity index (χ2n) is 4.52. The Balaban J connectivity index is 1.95. The summed E-state index contributed by atoms with van der Waals surface area (Å²) in [5.74, 6) is 0.0483. The van der Waals surface area contributed by atoms with Gasteiger partial charge in [0.05, 0.1) is 0 Å². The molecule has 20 heavy (non-hydrogen) atoms. The highest BCUT2D eigenvalue weighted by Gasteiger charge is 2.17. The summed E-state index contributed by atoms with van der Waals surface area (Å²) in [7, 11) is 0. The maximum Gasteiger partial charge on any atom is 0.291 e. The summed E-state index contributed by atoms with van der Waals surface area (Å²) < 4.78 is 5.62. The van der Waals surface area contributed by atoms with Crippen LogP contribution in [0.2, 0.25) is 5.02 Å². The monoisotopic (exact) mass is 285 g/mol. The third-order valence-electron chi connectivity index (χ3n) is 3.13. The van der Waals surface area contributed by atoms with Crippen LogP contribution in [0.4, 0.5) is 5.69 Å². The molecule has 0 saturated carbocycles. The van der Waals surface area contributed by atoms with E-state index in [1.807, 2.05) is 31.2 Å². The first-order chi connectivity index (χ1) is 9.65. The van der Waals surface area contributed by atoms with Gasteiger partial charge in [0.15, 0.2) is 5.76 Å². The van der Waals surface area contributed by atoms with E-state index >= 15 is 0 Å². The van der Waals surface area contributed by atoms with Gasteiger partial charge in [-0.25, -0.2) is 0 Å². The first-order valence-corrected chi connectivity index (χ1v) is 6.58. The number of fused-ring (bicyclic) bond motifs is 1. The van der Waals surface area contributed by atoms with Crippen molar-refractivity contribution >= 4 is 34.2 Å². The second-order valence-corrected chi connectivity index (χ2v) is 4.95. The lowest BCUT2D eigenvalue weighted by Crippen LogP contribution is -2.11. The Labute approximate surface area is 121 Å². The number of amides is 1. The maximum absolute atomic E-state index is 12.3. The van der Waals surface area contributed by atoms with E-state index in [1.165, 1.54) is 0 Å². The molecule has 3 aromatic rings. The Morgan fingerprint density at radius 2 is 1.95 bits per heavy atom. The Morgan fingerprint density at radius 3 is 2.70 bits per heavy atom. The molecule has 0 unspecified atom stereocenters. The largest absolute Gasteiger partial charge is 0.451 e. The van der Waals surface area contributed by atoms with E-state index in [-0.39, 0.29) is 5.91 Å². The SMILES string of the molecule is Cc1c(C(=O)Nc2cccc(Cl)c2)oc2ccccc12. The number of carbonyl (C=O) groups is 1. The predicted octanol–water partition coefficient (Wildman–Crippen LogP) is 4.65. The van der Waals surface area contributed by atoms with Crippen LogP contribution in [0.1, 0.15) is 16.1 Å². The van der Waals surface area contributed by atoms with Crippen molar-refractivity contribution in [3.8, 4) is 0 Å². The summed E-state index contributed by atoms with van der Waals surface area (Å²) in [6.07, 6.45) is 0. The molecule has 1 N–H and O–H groups in total. The Kier molecular flexibility index (Phi) is 3.20. The summed E-state index contributed by atoms with van der Waals surface area (Å²) in [5, 5.41) is 4.30. The van der Waals surface area contributed by atoms with Gasteiger partial charge in [-0.3, -0.25) is 4.79 Å². The summed E-state index contributed by atoms with van der Waals surface area (Å²) in [4.78, 5) is 12.3. The number of rotatable bonds is 2. The zero-order chi connectivity index (χ0) is 14.1. The smallest absolute Gasteiger partial charge is 0.291 e. The summed E-state index contributed by atoms with van der Waals surface area (Å²) in [6.45, 7) is 1.87. The fourth-order valence-corrected chi connectivity index (χ4v) is 2.34. The summed E-state index contributed by atoms with van der Waals surface area (Å²) >= 11 is 5.90. The fourth-order valence-electron chi connectivity index (χ4n) is 2.15. The van der Waals surface area contributed by atoms with Crippen molar-refractivity contribution in [2.45, 2.75) is 6.92 Å². The zero-order valence-corrected chi connectivity index (χ0v) is 11.6. The highest BCUT2D eigenvalue weighted by Crippen LogP contribution is 2.26. The number of hydrogen-bond donors (Lipinski definition) is 1. The van der Waals surface area contributed by atoms with Crippen LogP contribution in [0.25, 0.3) is 11.0 Å². The maximum atomic E-state index is 12.3. The molecule has 0 bridgehead atoms. The second kappa shape index (κ2) is 5.02. The van der Waals surface area contributed by atoms with Gasteiger partial charge in [-0.2, -0.15) is 0 Å². The molecule has 1 amide bonds. The fraction of sp³-hybridized carbons (Fsp3) is 0.0625.